The molecule has 0 radical (unpaired) electrons. The van der Waals surface area contributed by atoms with Gasteiger partial charge in [0.1, 0.15) is 0 Å². The molecule has 4 nitrogen and oxygen atoms in total. The molecular formula is C22H30N2O2. The van der Waals surface area contributed by atoms with Crippen LogP contribution in [0.1, 0.15) is 51.0 Å². The number of hydrogen-bond acceptors (Lipinski definition) is 2. The van der Waals surface area contributed by atoms with Gasteiger partial charge in [-0.2, -0.15) is 0 Å². The maximum absolute atomic E-state index is 13.0. The molecule has 0 aromatic heterocycles. The lowest BCUT2D eigenvalue weighted by Crippen LogP contribution is -2.44. The van der Waals surface area contributed by atoms with Crippen LogP contribution in [-0.4, -0.2) is 36.3 Å². The monoisotopic (exact) mass is 354 g/mol. The topological polar surface area (TPSA) is 40.6 Å². The van der Waals surface area contributed by atoms with Crippen molar-refractivity contribution in [2.24, 2.45) is 17.8 Å². The molecule has 1 aliphatic carbocycles. The molecule has 1 unspecified atom stereocenters. The summed E-state index contributed by atoms with van der Waals surface area (Å²) in [4.78, 5) is 29.9. The Morgan fingerprint density at radius 2 is 1.62 bits per heavy atom. The Balaban J connectivity index is 1.34. The zero-order valence-electron chi connectivity index (χ0n) is 15.8. The highest BCUT2D eigenvalue weighted by Gasteiger charge is 2.36. The van der Waals surface area contributed by atoms with Crippen molar-refractivity contribution in [2.75, 3.05) is 24.5 Å². The number of benzene rings is 1. The lowest BCUT2D eigenvalue weighted by Gasteiger charge is -2.36. The summed E-state index contributed by atoms with van der Waals surface area (Å²) in [6.07, 6.45) is 6.79. The summed E-state index contributed by atoms with van der Waals surface area (Å²) in [5.74, 6) is 1.46. The van der Waals surface area contributed by atoms with E-state index in [1.54, 1.807) is 0 Å². The highest BCUT2D eigenvalue weighted by Crippen LogP contribution is 2.35. The van der Waals surface area contributed by atoms with Gasteiger partial charge in [-0.05, 0) is 62.5 Å². The van der Waals surface area contributed by atoms with E-state index in [9.17, 15) is 9.59 Å². The van der Waals surface area contributed by atoms with Crippen molar-refractivity contribution >= 4 is 17.5 Å². The number of hydrogen-bond donors (Lipinski definition) is 0. The lowest BCUT2D eigenvalue weighted by molar-refractivity contribution is -0.139. The van der Waals surface area contributed by atoms with E-state index < -0.39 is 0 Å². The molecule has 2 aliphatic heterocycles. The minimum absolute atomic E-state index is 0.0884. The van der Waals surface area contributed by atoms with E-state index in [2.05, 4.69) is 24.0 Å². The zero-order valence-corrected chi connectivity index (χ0v) is 15.8. The highest BCUT2D eigenvalue weighted by molar-refractivity contribution is 5.97. The summed E-state index contributed by atoms with van der Waals surface area (Å²) in [6, 6.07) is 8.25. The number of anilines is 1. The average Bonchev–Trinajstić information content (AvgIpc) is 3.11. The third kappa shape index (κ3) is 3.38. The molecule has 0 bridgehead atoms. The van der Waals surface area contributed by atoms with Crippen LogP contribution in [0.3, 0.4) is 0 Å². The number of rotatable bonds is 2. The van der Waals surface area contributed by atoms with Gasteiger partial charge >= 0.3 is 0 Å². The van der Waals surface area contributed by atoms with Crippen molar-refractivity contribution in [1.82, 2.24) is 4.90 Å². The largest absolute Gasteiger partial charge is 0.342 e. The molecule has 2 heterocycles. The van der Waals surface area contributed by atoms with Crippen molar-refractivity contribution in [3.63, 3.8) is 0 Å². The number of carbonyl (C=O) groups excluding carboxylic acids is 2. The van der Waals surface area contributed by atoms with Gasteiger partial charge in [-0.25, -0.2) is 0 Å². The molecule has 26 heavy (non-hydrogen) atoms. The number of amides is 2. The molecule has 2 fully saturated rings. The van der Waals surface area contributed by atoms with Gasteiger partial charge in [0.15, 0.2) is 0 Å². The van der Waals surface area contributed by atoms with Gasteiger partial charge in [-0.15, -0.1) is 0 Å². The summed E-state index contributed by atoms with van der Waals surface area (Å²) in [7, 11) is 0. The van der Waals surface area contributed by atoms with Gasteiger partial charge in [0.05, 0.1) is 0 Å². The molecule has 1 aromatic carbocycles. The van der Waals surface area contributed by atoms with Crippen LogP contribution in [0.15, 0.2) is 24.3 Å². The van der Waals surface area contributed by atoms with Crippen LogP contribution in [0.5, 0.6) is 0 Å². The normalized spacial score (nSPS) is 28.7. The van der Waals surface area contributed by atoms with Crippen LogP contribution in [0.2, 0.25) is 0 Å². The van der Waals surface area contributed by atoms with Gasteiger partial charge in [-0.1, -0.05) is 25.1 Å². The van der Waals surface area contributed by atoms with Gasteiger partial charge in [0.2, 0.25) is 11.8 Å². The molecular weight excluding hydrogens is 324 g/mol. The SMILES string of the molecule is CC1CCCN(C(=O)C2CCC(C(=O)N3CCc4ccccc43)CC2)C1. The van der Waals surface area contributed by atoms with E-state index >= 15 is 0 Å². The zero-order chi connectivity index (χ0) is 18.1. The number of likely N-dealkylation sites (tertiary alicyclic amines) is 1. The predicted molar refractivity (Wildman–Crippen MR) is 103 cm³/mol. The molecule has 1 aromatic rings. The van der Waals surface area contributed by atoms with Gasteiger partial charge in [-0.3, -0.25) is 9.59 Å². The van der Waals surface area contributed by atoms with Gasteiger partial charge in [0, 0.05) is 37.2 Å². The first-order chi connectivity index (χ1) is 12.6. The van der Waals surface area contributed by atoms with Gasteiger partial charge in [0.25, 0.3) is 0 Å². The minimum Gasteiger partial charge on any atom is -0.342 e. The second-order valence-corrected chi connectivity index (χ2v) is 8.45. The van der Waals surface area contributed by atoms with Crippen LogP contribution < -0.4 is 4.90 Å². The fourth-order valence-electron chi connectivity index (χ4n) is 5.02. The minimum atomic E-state index is 0.0884. The Morgan fingerprint density at radius 1 is 0.923 bits per heavy atom. The molecule has 1 saturated heterocycles. The van der Waals surface area contributed by atoms with Crippen LogP contribution in [0.25, 0.3) is 0 Å². The van der Waals surface area contributed by atoms with Crippen LogP contribution >= 0.6 is 0 Å². The standard InChI is InChI=1S/C22H30N2O2/c1-16-5-4-13-23(15-16)21(25)18-8-10-19(11-9-18)22(26)24-14-12-17-6-2-3-7-20(17)24/h2-3,6-7,16,18-19H,4-5,8-15H2,1H3. The molecule has 0 N–H and O–H groups in total. The second-order valence-electron chi connectivity index (χ2n) is 8.45. The molecule has 4 rings (SSSR count). The Bertz CT molecular complexity index is 678. The number of carbonyl (C=O) groups is 2. The Kier molecular flexibility index (Phi) is 5.01. The van der Waals surface area contributed by atoms with Crippen molar-refractivity contribution in [3.8, 4) is 0 Å². The summed E-state index contributed by atoms with van der Waals surface area (Å²) < 4.78 is 0. The average molecular weight is 354 g/mol. The van der Waals surface area contributed by atoms with Crippen LogP contribution in [0.4, 0.5) is 5.69 Å². The third-order valence-electron chi connectivity index (χ3n) is 6.55. The number of nitrogens with zero attached hydrogens (tertiary/aromatic N) is 2. The maximum Gasteiger partial charge on any atom is 0.230 e. The lowest BCUT2D eigenvalue weighted by atomic mass is 9.80. The van der Waals surface area contributed by atoms with Crippen LogP contribution in [-0.2, 0) is 16.0 Å². The summed E-state index contributed by atoms with van der Waals surface area (Å²) in [5.41, 5.74) is 2.38. The molecule has 0 spiro atoms. The number of piperidine rings is 1. The Labute approximate surface area is 156 Å². The predicted octanol–water partition coefficient (Wildman–Crippen LogP) is 3.64. The fourth-order valence-corrected chi connectivity index (χ4v) is 5.02. The summed E-state index contributed by atoms with van der Waals surface area (Å²) >= 11 is 0. The first kappa shape index (κ1) is 17.6. The van der Waals surface area contributed by atoms with E-state index in [1.807, 2.05) is 17.0 Å². The molecule has 2 amide bonds. The first-order valence-corrected chi connectivity index (χ1v) is 10.3. The Hall–Kier alpha value is -1.84. The molecule has 1 saturated carbocycles. The molecule has 4 heteroatoms. The third-order valence-corrected chi connectivity index (χ3v) is 6.55. The summed E-state index contributed by atoms with van der Waals surface area (Å²) in [5, 5.41) is 0. The van der Waals surface area contributed by atoms with E-state index in [-0.39, 0.29) is 17.7 Å². The molecule has 140 valence electrons. The van der Waals surface area contributed by atoms with E-state index in [0.29, 0.717) is 11.8 Å². The van der Waals surface area contributed by atoms with Crippen molar-refractivity contribution in [1.29, 1.82) is 0 Å². The highest BCUT2D eigenvalue weighted by atomic mass is 16.2. The second kappa shape index (κ2) is 7.42. The molecule has 1 atom stereocenters. The first-order valence-electron chi connectivity index (χ1n) is 10.3. The van der Waals surface area contributed by atoms with Crippen molar-refractivity contribution in [3.05, 3.63) is 29.8 Å². The van der Waals surface area contributed by atoms with E-state index in [4.69, 9.17) is 0 Å². The summed E-state index contributed by atoms with van der Waals surface area (Å²) in [6.45, 7) is 4.89. The quantitative estimate of drug-likeness (QED) is 0.813. The van der Waals surface area contributed by atoms with Crippen molar-refractivity contribution in [2.45, 2.75) is 51.9 Å². The van der Waals surface area contributed by atoms with E-state index in [0.717, 1.165) is 63.8 Å². The number of fused-ring (bicyclic) bond motifs is 1. The van der Waals surface area contributed by atoms with E-state index in [1.165, 1.54) is 12.0 Å². The maximum atomic E-state index is 13.0. The molecule has 3 aliphatic rings. The van der Waals surface area contributed by atoms with Gasteiger partial charge < -0.3 is 9.80 Å². The van der Waals surface area contributed by atoms with Crippen molar-refractivity contribution < 1.29 is 9.59 Å². The fraction of sp³-hybridized carbons (Fsp3) is 0.636. The van der Waals surface area contributed by atoms with Crippen LogP contribution in [0, 0.1) is 17.8 Å². The smallest absolute Gasteiger partial charge is 0.230 e. The number of para-hydroxylation sites is 1. The Morgan fingerprint density at radius 3 is 2.35 bits per heavy atom.